The molecule has 1 saturated carbocycles. The van der Waals surface area contributed by atoms with Crippen LogP contribution in [0.15, 0.2) is 42.7 Å². The number of benzene rings is 1. The molecule has 1 aliphatic carbocycles. The van der Waals surface area contributed by atoms with Crippen LogP contribution in [-0.2, 0) is 4.79 Å². The summed E-state index contributed by atoms with van der Waals surface area (Å²) >= 11 is 0. The highest BCUT2D eigenvalue weighted by atomic mass is 16.1. The Hall–Kier alpha value is -2.14. The summed E-state index contributed by atoms with van der Waals surface area (Å²) in [5, 5.41) is 7.17. The zero-order valence-corrected chi connectivity index (χ0v) is 12.8. The molecule has 22 heavy (non-hydrogen) atoms. The van der Waals surface area contributed by atoms with E-state index >= 15 is 0 Å². The van der Waals surface area contributed by atoms with Gasteiger partial charge in [0.05, 0.1) is 11.6 Å². The molecule has 2 atom stereocenters. The first-order valence-corrected chi connectivity index (χ1v) is 7.76. The highest BCUT2D eigenvalue weighted by molar-refractivity contribution is 5.93. The van der Waals surface area contributed by atoms with Gasteiger partial charge in [-0.25, -0.2) is 4.68 Å². The van der Waals surface area contributed by atoms with Gasteiger partial charge >= 0.3 is 0 Å². The van der Waals surface area contributed by atoms with E-state index in [1.165, 1.54) is 0 Å². The lowest BCUT2D eigenvalue weighted by Gasteiger charge is -2.37. The third kappa shape index (κ3) is 3.04. The van der Waals surface area contributed by atoms with Crippen LogP contribution in [0.5, 0.6) is 0 Å². The molecule has 1 fully saturated rings. The topological polar surface area (TPSA) is 72.9 Å². The number of amides is 1. The van der Waals surface area contributed by atoms with Crippen LogP contribution in [0.4, 0.5) is 5.69 Å². The minimum absolute atomic E-state index is 0.0246. The van der Waals surface area contributed by atoms with Gasteiger partial charge in [-0.3, -0.25) is 4.79 Å². The summed E-state index contributed by atoms with van der Waals surface area (Å²) in [5.41, 5.74) is 7.64. The maximum absolute atomic E-state index is 12.5. The Morgan fingerprint density at radius 1 is 1.36 bits per heavy atom. The van der Waals surface area contributed by atoms with Crippen LogP contribution in [0.3, 0.4) is 0 Å². The molecule has 1 aromatic heterocycles. The second kappa shape index (κ2) is 5.93. The smallest absolute Gasteiger partial charge is 0.229 e. The fourth-order valence-corrected chi connectivity index (χ4v) is 3.14. The molecule has 3 N–H and O–H groups in total. The highest BCUT2D eigenvalue weighted by Gasteiger charge is 2.37. The number of rotatable bonds is 3. The van der Waals surface area contributed by atoms with Crippen molar-refractivity contribution in [1.82, 2.24) is 9.78 Å². The number of hydrogen-bond donors (Lipinski definition) is 2. The third-order valence-electron chi connectivity index (χ3n) is 4.47. The largest absolute Gasteiger partial charge is 0.326 e. The van der Waals surface area contributed by atoms with Gasteiger partial charge in [-0.1, -0.05) is 12.8 Å². The number of anilines is 1. The molecule has 1 aromatic carbocycles. The molecule has 1 aliphatic rings. The van der Waals surface area contributed by atoms with Gasteiger partial charge in [-0.2, -0.15) is 5.10 Å². The summed E-state index contributed by atoms with van der Waals surface area (Å²) < 4.78 is 1.78. The van der Waals surface area contributed by atoms with E-state index in [1.807, 2.05) is 43.5 Å². The van der Waals surface area contributed by atoms with Gasteiger partial charge in [0.2, 0.25) is 5.91 Å². The minimum atomic E-state index is -0.405. The summed E-state index contributed by atoms with van der Waals surface area (Å²) in [4.78, 5) is 12.5. The number of carbonyl (C=O) groups excluding carboxylic acids is 1. The molecule has 1 heterocycles. The van der Waals surface area contributed by atoms with Crippen molar-refractivity contribution in [2.45, 2.75) is 38.1 Å². The fraction of sp³-hybridized carbons (Fsp3) is 0.412. The molecule has 2 unspecified atom stereocenters. The lowest BCUT2D eigenvalue weighted by molar-refractivity contribution is -0.122. The van der Waals surface area contributed by atoms with E-state index in [-0.39, 0.29) is 11.8 Å². The first-order valence-electron chi connectivity index (χ1n) is 7.76. The van der Waals surface area contributed by atoms with Crippen molar-refractivity contribution in [3.63, 3.8) is 0 Å². The Morgan fingerprint density at radius 2 is 2.14 bits per heavy atom. The van der Waals surface area contributed by atoms with E-state index in [0.29, 0.717) is 0 Å². The van der Waals surface area contributed by atoms with Gasteiger partial charge in [-0.05, 0) is 50.1 Å². The summed E-state index contributed by atoms with van der Waals surface area (Å²) in [7, 11) is 0. The van der Waals surface area contributed by atoms with Crippen molar-refractivity contribution in [3.8, 4) is 5.69 Å². The average Bonchev–Trinajstić information content (AvgIpc) is 3.01. The second-order valence-corrected chi connectivity index (χ2v) is 6.29. The van der Waals surface area contributed by atoms with Gasteiger partial charge in [0.1, 0.15) is 0 Å². The third-order valence-corrected chi connectivity index (χ3v) is 4.47. The molecule has 116 valence electrons. The standard InChI is InChI=1S/C17H22N4O/c1-17(18)10-3-2-5-15(17)16(22)20-13-6-8-14(9-7-13)21-12-4-11-19-21/h4,6-9,11-12,15H,2-3,5,10,18H2,1H3,(H,20,22). The number of nitrogens with one attached hydrogen (secondary N) is 1. The quantitative estimate of drug-likeness (QED) is 0.915. The molecule has 0 spiro atoms. The molecule has 2 aromatic rings. The maximum Gasteiger partial charge on any atom is 0.229 e. The number of hydrogen-bond acceptors (Lipinski definition) is 3. The molecule has 5 nitrogen and oxygen atoms in total. The summed E-state index contributed by atoms with van der Waals surface area (Å²) in [6.07, 6.45) is 7.57. The van der Waals surface area contributed by atoms with Gasteiger partial charge in [0.25, 0.3) is 0 Å². The first-order chi connectivity index (χ1) is 10.6. The van der Waals surface area contributed by atoms with Gasteiger partial charge in [0, 0.05) is 23.6 Å². The lowest BCUT2D eigenvalue weighted by atomic mass is 9.74. The summed E-state index contributed by atoms with van der Waals surface area (Å²) in [6, 6.07) is 9.54. The monoisotopic (exact) mass is 298 g/mol. The van der Waals surface area contributed by atoms with Crippen LogP contribution in [0.25, 0.3) is 5.69 Å². The Kier molecular flexibility index (Phi) is 3.98. The number of nitrogens with two attached hydrogens (primary N) is 1. The average molecular weight is 298 g/mol. The molecular weight excluding hydrogens is 276 g/mol. The van der Waals surface area contributed by atoms with Crippen LogP contribution in [0, 0.1) is 5.92 Å². The summed E-state index contributed by atoms with van der Waals surface area (Å²) in [6.45, 7) is 1.98. The van der Waals surface area contributed by atoms with Crippen LogP contribution in [0.2, 0.25) is 0 Å². The predicted molar refractivity (Wildman–Crippen MR) is 86.7 cm³/mol. The van der Waals surface area contributed by atoms with E-state index < -0.39 is 5.54 Å². The van der Waals surface area contributed by atoms with E-state index in [0.717, 1.165) is 37.1 Å². The van der Waals surface area contributed by atoms with Crippen molar-refractivity contribution in [3.05, 3.63) is 42.7 Å². The zero-order valence-electron chi connectivity index (χ0n) is 12.8. The molecule has 0 bridgehead atoms. The SMILES string of the molecule is CC1(N)CCCCC1C(=O)Nc1ccc(-n2cccn2)cc1. The molecule has 0 aliphatic heterocycles. The van der Waals surface area contributed by atoms with Crippen molar-refractivity contribution in [2.75, 3.05) is 5.32 Å². The lowest BCUT2D eigenvalue weighted by Crippen LogP contribution is -2.51. The van der Waals surface area contributed by atoms with Crippen LogP contribution >= 0.6 is 0 Å². The van der Waals surface area contributed by atoms with Gasteiger partial charge in [0.15, 0.2) is 0 Å². The van der Waals surface area contributed by atoms with Crippen molar-refractivity contribution >= 4 is 11.6 Å². The Bertz CT molecular complexity index is 631. The van der Waals surface area contributed by atoms with E-state index in [1.54, 1.807) is 10.9 Å². The van der Waals surface area contributed by atoms with Gasteiger partial charge < -0.3 is 11.1 Å². The van der Waals surface area contributed by atoms with Crippen LogP contribution < -0.4 is 11.1 Å². The number of aromatic nitrogens is 2. The highest BCUT2D eigenvalue weighted by Crippen LogP contribution is 2.32. The maximum atomic E-state index is 12.5. The Labute approximate surface area is 130 Å². The van der Waals surface area contributed by atoms with E-state index in [4.69, 9.17) is 5.73 Å². The number of carbonyl (C=O) groups is 1. The van der Waals surface area contributed by atoms with Crippen molar-refractivity contribution in [1.29, 1.82) is 0 Å². The minimum Gasteiger partial charge on any atom is -0.326 e. The zero-order chi connectivity index (χ0) is 15.6. The van der Waals surface area contributed by atoms with Crippen LogP contribution in [-0.4, -0.2) is 21.2 Å². The first kappa shape index (κ1) is 14.8. The fourth-order valence-electron chi connectivity index (χ4n) is 3.14. The van der Waals surface area contributed by atoms with Crippen LogP contribution in [0.1, 0.15) is 32.6 Å². The molecular formula is C17H22N4O. The Morgan fingerprint density at radius 3 is 2.77 bits per heavy atom. The van der Waals surface area contributed by atoms with Crippen molar-refractivity contribution < 1.29 is 4.79 Å². The molecule has 0 radical (unpaired) electrons. The molecule has 0 saturated heterocycles. The molecule has 5 heteroatoms. The Balaban J connectivity index is 1.69. The van der Waals surface area contributed by atoms with Crippen molar-refractivity contribution in [2.24, 2.45) is 11.7 Å². The number of nitrogens with zero attached hydrogens (tertiary/aromatic N) is 2. The predicted octanol–water partition coefficient (Wildman–Crippen LogP) is 2.72. The summed E-state index contributed by atoms with van der Waals surface area (Å²) in [5.74, 6) is -0.0939. The molecule has 1 amide bonds. The van der Waals surface area contributed by atoms with E-state index in [2.05, 4.69) is 10.4 Å². The van der Waals surface area contributed by atoms with Gasteiger partial charge in [-0.15, -0.1) is 0 Å². The second-order valence-electron chi connectivity index (χ2n) is 6.29. The van der Waals surface area contributed by atoms with E-state index in [9.17, 15) is 4.79 Å². The molecule has 3 rings (SSSR count). The normalized spacial score (nSPS) is 24.9.